The van der Waals surface area contributed by atoms with Gasteiger partial charge in [0.05, 0.1) is 25.9 Å². The van der Waals surface area contributed by atoms with Crippen molar-refractivity contribution in [1.29, 1.82) is 0 Å². The summed E-state index contributed by atoms with van der Waals surface area (Å²) in [5, 5.41) is 7.05. The molecule has 2 heterocycles. The monoisotopic (exact) mass is 373 g/mol. The Morgan fingerprint density at radius 3 is 2.67 bits per heavy atom. The Morgan fingerprint density at radius 1 is 1.26 bits per heavy atom. The van der Waals surface area contributed by atoms with Gasteiger partial charge in [-0.3, -0.25) is 4.79 Å². The number of nitrogens with zero attached hydrogens (tertiary/aromatic N) is 2. The second kappa shape index (κ2) is 9.41. The van der Waals surface area contributed by atoms with Crippen LogP contribution in [0.1, 0.15) is 48.8 Å². The predicted octanol–water partition coefficient (Wildman–Crippen LogP) is 3.18. The van der Waals surface area contributed by atoms with Crippen molar-refractivity contribution in [3.05, 3.63) is 41.7 Å². The quantitative estimate of drug-likeness (QED) is 0.766. The van der Waals surface area contributed by atoms with Crippen LogP contribution in [0.5, 0.6) is 5.75 Å². The molecule has 1 aliphatic heterocycles. The number of rotatable bonds is 8. The normalized spacial score (nSPS) is 15.4. The maximum absolute atomic E-state index is 12.6. The Hall–Kier alpha value is -2.54. The Bertz CT molecular complexity index is 723. The minimum absolute atomic E-state index is 0.102. The summed E-state index contributed by atoms with van der Waals surface area (Å²) >= 11 is 0. The summed E-state index contributed by atoms with van der Waals surface area (Å²) in [5.41, 5.74) is 1.03. The summed E-state index contributed by atoms with van der Waals surface area (Å²) in [6, 6.07) is 9.43. The van der Waals surface area contributed by atoms with Gasteiger partial charge in [0.15, 0.2) is 5.82 Å². The number of benzene rings is 1. The van der Waals surface area contributed by atoms with E-state index < -0.39 is 0 Å². The van der Waals surface area contributed by atoms with E-state index in [1.165, 1.54) is 0 Å². The highest BCUT2D eigenvalue weighted by Gasteiger charge is 2.21. The van der Waals surface area contributed by atoms with Gasteiger partial charge >= 0.3 is 0 Å². The molecule has 0 saturated carbocycles. The van der Waals surface area contributed by atoms with Crippen molar-refractivity contribution in [2.45, 2.75) is 32.7 Å². The van der Waals surface area contributed by atoms with E-state index in [-0.39, 0.29) is 17.7 Å². The van der Waals surface area contributed by atoms with Crippen LogP contribution >= 0.6 is 0 Å². The summed E-state index contributed by atoms with van der Waals surface area (Å²) in [5.74, 6) is 1.47. The van der Waals surface area contributed by atoms with E-state index in [2.05, 4.69) is 22.3 Å². The lowest BCUT2D eigenvalue weighted by Crippen LogP contribution is -2.36. The zero-order valence-corrected chi connectivity index (χ0v) is 15.9. The van der Waals surface area contributed by atoms with Crippen LogP contribution in [0.4, 0.5) is 5.82 Å². The van der Waals surface area contributed by atoms with Crippen molar-refractivity contribution in [2.75, 3.05) is 37.8 Å². The van der Waals surface area contributed by atoms with Crippen LogP contribution in [0.25, 0.3) is 0 Å². The van der Waals surface area contributed by atoms with E-state index in [0.717, 1.165) is 37.2 Å². The Balaban J connectivity index is 1.62. The summed E-state index contributed by atoms with van der Waals surface area (Å²) < 4.78 is 16.2. The molecule has 146 valence electrons. The van der Waals surface area contributed by atoms with Crippen molar-refractivity contribution in [3.63, 3.8) is 0 Å². The van der Waals surface area contributed by atoms with Crippen LogP contribution in [-0.2, 0) is 4.74 Å². The molecule has 1 amide bonds. The highest BCUT2D eigenvalue weighted by Crippen LogP contribution is 2.22. The Morgan fingerprint density at radius 2 is 2.00 bits per heavy atom. The largest absolute Gasteiger partial charge is 0.494 e. The molecule has 1 aromatic carbocycles. The average molecular weight is 373 g/mol. The maximum atomic E-state index is 12.6. The zero-order chi connectivity index (χ0) is 19.1. The van der Waals surface area contributed by atoms with Crippen molar-refractivity contribution in [3.8, 4) is 5.75 Å². The first-order valence-corrected chi connectivity index (χ1v) is 9.54. The van der Waals surface area contributed by atoms with E-state index in [4.69, 9.17) is 14.0 Å². The SMILES string of the molecule is CCCOc1ccc(C(CC)NC(=O)c2cc(N3CCOCC3)no2)cc1. The fourth-order valence-corrected chi connectivity index (χ4v) is 2.98. The molecular formula is C20H27N3O4. The lowest BCUT2D eigenvalue weighted by molar-refractivity contribution is 0.0898. The highest BCUT2D eigenvalue weighted by molar-refractivity contribution is 5.92. The van der Waals surface area contributed by atoms with Crippen LogP contribution in [0, 0.1) is 0 Å². The molecule has 3 rings (SSSR count). The van der Waals surface area contributed by atoms with Gasteiger partial charge in [-0.15, -0.1) is 0 Å². The third-order valence-corrected chi connectivity index (χ3v) is 4.53. The molecule has 1 unspecified atom stereocenters. The van der Waals surface area contributed by atoms with Gasteiger partial charge in [0, 0.05) is 19.2 Å². The summed E-state index contributed by atoms with van der Waals surface area (Å²) in [6.45, 7) is 7.62. The van der Waals surface area contributed by atoms with E-state index in [1.807, 2.05) is 31.2 Å². The number of carbonyl (C=O) groups is 1. The Labute approximate surface area is 159 Å². The number of nitrogens with one attached hydrogen (secondary N) is 1. The van der Waals surface area contributed by atoms with Gasteiger partial charge < -0.3 is 24.2 Å². The minimum atomic E-state index is -0.264. The number of ether oxygens (including phenoxy) is 2. The summed E-state index contributed by atoms with van der Waals surface area (Å²) in [4.78, 5) is 14.6. The molecule has 0 bridgehead atoms. The van der Waals surface area contributed by atoms with E-state index in [1.54, 1.807) is 6.07 Å². The van der Waals surface area contributed by atoms with Crippen molar-refractivity contribution in [2.24, 2.45) is 0 Å². The van der Waals surface area contributed by atoms with Crippen molar-refractivity contribution >= 4 is 11.7 Å². The van der Waals surface area contributed by atoms with E-state index in [9.17, 15) is 4.79 Å². The van der Waals surface area contributed by atoms with Gasteiger partial charge in [0.25, 0.3) is 5.91 Å². The third kappa shape index (κ3) is 5.01. The van der Waals surface area contributed by atoms with Crippen LogP contribution in [0.2, 0.25) is 0 Å². The molecular weight excluding hydrogens is 346 g/mol. The first kappa shape index (κ1) is 19.2. The number of morpholine rings is 1. The fraction of sp³-hybridized carbons (Fsp3) is 0.500. The van der Waals surface area contributed by atoms with Crippen molar-refractivity contribution < 1.29 is 18.8 Å². The lowest BCUT2D eigenvalue weighted by Gasteiger charge is -2.25. The molecule has 1 saturated heterocycles. The minimum Gasteiger partial charge on any atom is -0.494 e. The fourth-order valence-electron chi connectivity index (χ4n) is 2.98. The maximum Gasteiger partial charge on any atom is 0.290 e. The average Bonchev–Trinajstić information content (AvgIpc) is 3.22. The molecule has 0 spiro atoms. The van der Waals surface area contributed by atoms with Gasteiger partial charge in [-0.2, -0.15) is 0 Å². The predicted molar refractivity (Wildman–Crippen MR) is 102 cm³/mol. The third-order valence-electron chi connectivity index (χ3n) is 4.53. The number of aromatic nitrogens is 1. The summed E-state index contributed by atoms with van der Waals surface area (Å²) in [7, 11) is 0. The molecule has 0 aliphatic carbocycles. The van der Waals surface area contributed by atoms with E-state index in [0.29, 0.717) is 25.6 Å². The van der Waals surface area contributed by atoms with Gasteiger partial charge in [0.1, 0.15) is 5.75 Å². The van der Waals surface area contributed by atoms with Crippen LogP contribution in [-0.4, -0.2) is 44.0 Å². The van der Waals surface area contributed by atoms with Crippen LogP contribution < -0.4 is 15.0 Å². The number of anilines is 1. The van der Waals surface area contributed by atoms with Gasteiger partial charge in [-0.25, -0.2) is 0 Å². The molecule has 2 aromatic rings. The van der Waals surface area contributed by atoms with Crippen LogP contribution in [0.3, 0.4) is 0 Å². The second-order valence-corrected chi connectivity index (χ2v) is 6.50. The first-order valence-electron chi connectivity index (χ1n) is 9.54. The van der Waals surface area contributed by atoms with Gasteiger partial charge in [-0.05, 0) is 30.5 Å². The summed E-state index contributed by atoms with van der Waals surface area (Å²) in [6.07, 6.45) is 1.74. The number of amides is 1. The zero-order valence-electron chi connectivity index (χ0n) is 15.9. The molecule has 7 nitrogen and oxygen atoms in total. The molecule has 1 aliphatic rings. The van der Waals surface area contributed by atoms with Crippen LogP contribution in [0.15, 0.2) is 34.9 Å². The molecule has 0 radical (unpaired) electrons. The molecule has 1 aromatic heterocycles. The van der Waals surface area contributed by atoms with Gasteiger partial charge in [-0.1, -0.05) is 31.1 Å². The smallest absolute Gasteiger partial charge is 0.290 e. The lowest BCUT2D eigenvalue weighted by atomic mass is 10.0. The van der Waals surface area contributed by atoms with Crippen molar-refractivity contribution in [1.82, 2.24) is 10.5 Å². The van der Waals surface area contributed by atoms with E-state index >= 15 is 0 Å². The Kier molecular flexibility index (Phi) is 6.70. The molecule has 1 N–H and O–H groups in total. The molecule has 1 fully saturated rings. The number of hydrogen-bond donors (Lipinski definition) is 1. The molecule has 27 heavy (non-hydrogen) atoms. The first-order chi connectivity index (χ1) is 13.2. The molecule has 1 atom stereocenters. The highest BCUT2D eigenvalue weighted by atomic mass is 16.5. The number of carbonyl (C=O) groups excluding carboxylic acids is 1. The standard InChI is InChI=1S/C20H27N3O4/c1-3-11-26-16-7-5-15(6-8-16)17(4-2)21-20(24)18-14-19(22-27-18)23-9-12-25-13-10-23/h5-8,14,17H,3-4,9-13H2,1-2H3,(H,21,24). The second-order valence-electron chi connectivity index (χ2n) is 6.50. The molecule has 7 heteroatoms. The van der Waals surface area contributed by atoms with Gasteiger partial charge in [0.2, 0.25) is 5.76 Å². The topological polar surface area (TPSA) is 76.8 Å². The number of hydrogen-bond acceptors (Lipinski definition) is 6.